The second kappa shape index (κ2) is 6.96. The van der Waals surface area contributed by atoms with Crippen molar-refractivity contribution < 1.29 is 9.13 Å². The summed E-state index contributed by atoms with van der Waals surface area (Å²) in [7, 11) is 1.75. The molecule has 0 saturated carbocycles. The first-order valence-corrected chi connectivity index (χ1v) is 8.51. The summed E-state index contributed by atoms with van der Waals surface area (Å²) in [4.78, 5) is 4.24. The molecule has 0 aromatic heterocycles. The number of halogens is 2. The third kappa shape index (κ3) is 3.60. The third-order valence-electron chi connectivity index (χ3n) is 4.35. The van der Waals surface area contributed by atoms with Gasteiger partial charge in [-0.15, -0.1) is 0 Å². The zero-order chi connectivity index (χ0) is 15.5. The molecule has 0 aliphatic carbocycles. The SMILES string of the molecule is CN=C(NCCc1cc(Br)ccc1F)NC1CC2CCC1O2. The van der Waals surface area contributed by atoms with E-state index in [2.05, 4.69) is 31.6 Å². The minimum Gasteiger partial charge on any atom is -0.373 e. The van der Waals surface area contributed by atoms with Crippen LogP contribution in [0.5, 0.6) is 0 Å². The fraction of sp³-hybridized carbons (Fsp3) is 0.562. The van der Waals surface area contributed by atoms with Crippen molar-refractivity contribution in [1.82, 2.24) is 10.6 Å². The maximum absolute atomic E-state index is 13.7. The number of hydrogen-bond donors (Lipinski definition) is 2. The van der Waals surface area contributed by atoms with Gasteiger partial charge in [0.25, 0.3) is 0 Å². The number of hydrogen-bond acceptors (Lipinski definition) is 2. The molecular weight excluding hydrogens is 349 g/mol. The summed E-state index contributed by atoms with van der Waals surface area (Å²) in [5, 5.41) is 6.67. The molecule has 3 atom stereocenters. The molecule has 22 heavy (non-hydrogen) atoms. The molecule has 2 bridgehead atoms. The van der Waals surface area contributed by atoms with Gasteiger partial charge in [0.1, 0.15) is 5.82 Å². The van der Waals surface area contributed by atoms with Crippen molar-refractivity contribution in [3.05, 3.63) is 34.1 Å². The van der Waals surface area contributed by atoms with Crippen molar-refractivity contribution in [2.45, 2.75) is 43.9 Å². The molecule has 2 fully saturated rings. The van der Waals surface area contributed by atoms with Gasteiger partial charge in [-0.25, -0.2) is 4.39 Å². The number of aliphatic imine (C=N–C) groups is 1. The lowest BCUT2D eigenvalue weighted by Crippen LogP contribution is -2.47. The van der Waals surface area contributed by atoms with Gasteiger partial charge >= 0.3 is 0 Å². The normalized spacial score (nSPS) is 27.2. The lowest BCUT2D eigenvalue weighted by atomic mass is 9.96. The summed E-state index contributed by atoms with van der Waals surface area (Å²) < 4.78 is 20.4. The molecule has 0 radical (unpaired) electrons. The molecule has 120 valence electrons. The van der Waals surface area contributed by atoms with Gasteiger partial charge in [0.05, 0.1) is 18.2 Å². The van der Waals surface area contributed by atoms with E-state index in [0.29, 0.717) is 36.8 Å². The molecule has 2 saturated heterocycles. The largest absolute Gasteiger partial charge is 0.373 e. The van der Waals surface area contributed by atoms with Gasteiger partial charge in [-0.1, -0.05) is 15.9 Å². The third-order valence-corrected chi connectivity index (χ3v) is 4.84. The van der Waals surface area contributed by atoms with Gasteiger partial charge in [-0.3, -0.25) is 4.99 Å². The van der Waals surface area contributed by atoms with Crippen molar-refractivity contribution in [3.63, 3.8) is 0 Å². The van der Waals surface area contributed by atoms with Crippen LogP contribution in [0.4, 0.5) is 4.39 Å². The molecule has 0 spiro atoms. The van der Waals surface area contributed by atoms with E-state index in [9.17, 15) is 4.39 Å². The van der Waals surface area contributed by atoms with E-state index in [0.717, 1.165) is 23.3 Å². The molecule has 3 unspecified atom stereocenters. The maximum Gasteiger partial charge on any atom is 0.191 e. The predicted molar refractivity (Wildman–Crippen MR) is 88.6 cm³/mol. The van der Waals surface area contributed by atoms with Gasteiger partial charge in [-0.05, 0) is 49.4 Å². The van der Waals surface area contributed by atoms with Gasteiger partial charge < -0.3 is 15.4 Å². The second-order valence-corrected chi connectivity index (χ2v) is 6.76. The van der Waals surface area contributed by atoms with Crippen molar-refractivity contribution in [2.75, 3.05) is 13.6 Å². The Morgan fingerprint density at radius 2 is 2.32 bits per heavy atom. The number of rotatable bonds is 4. The molecule has 2 aliphatic heterocycles. The summed E-state index contributed by atoms with van der Waals surface area (Å²) in [6, 6.07) is 5.35. The summed E-state index contributed by atoms with van der Waals surface area (Å²) in [6.45, 7) is 0.634. The predicted octanol–water partition coefficient (Wildman–Crippen LogP) is 2.62. The van der Waals surface area contributed by atoms with Crippen LogP contribution in [-0.2, 0) is 11.2 Å². The van der Waals surface area contributed by atoms with E-state index >= 15 is 0 Å². The summed E-state index contributed by atoms with van der Waals surface area (Å²) in [5.41, 5.74) is 0.695. The molecule has 1 aromatic carbocycles. The minimum atomic E-state index is -0.172. The number of guanidine groups is 1. The highest BCUT2D eigenvalue weighted by atomic mass is 79.9. The molecule has 2 aliphatic rings. The zero-order valence-electron chi connectivity index (χ0n) is 12.6. The van der Waals surface area contributed by atoms with Crippen LogP contribution in [0.2, 0.25) is 0 Å². The highest BCUT2D eigenvalue weighted by molar-refractivity contribution is 9.10. The molecule has 4 nitrogen and oxygen atoms in total. The number of nitrogens with one attached hydrogen (secondary N) is 2. The quantitative estimate of drug-likeness (QED) is 0.633. The van der Waals surface area contributed by atoms with Crippen LogP contribution in [0.1, 0.15) is 24.8 Å². The molecule has 2 heterocycles. The lowest BCUT2D eigenvalue weighted by Gasteiger charge is -2.22. The van der Waals surface area contributed by atoms with Gasteiger partial charge in [0, 0.05) is 18.1 Å². The Hall–Kier alpha value is -1.14. The maximum atomic E-state index is 13.7. The van der Waals surface area contributed by atoms with E-state index < -0.39 is 0 Å². The number of ether oxygens (including phenoxy) is 1. The van der Waals surface area contributed by atoms with Crippen molar-refractivity contribution in [3.8, 4) is 0 Å². The average molecular weight is 370 g/mol. The minimum absolute atomic E-state index is 0.172. The van der Waals surface area contributed by atoms with Crippen LogP contribution >= 0.6 is 15.9 Å². The van der Waals surface area contributed by atoms with Gasteiger partial charge in [0.15, 0.2) is 5.96 Å². The first-order chi connectivity index (χ1) is 10.7. The van der Waals surface area contributed by atoms with E-state index in [-0.39, 0.29) is 5.82 Å². The molecule has 1 aromatic rings. The first kappa shape index (κ1) is 15.7. The van der Waals surface area contributed by atoms with Gasteiger partial charge in [-0.2, -0.15) is 0 Å². The first-order valence-electron chi connectivity index (χ1n) is 7.72. The number of nitrogens with zero attached hydrogens (tertiary/aromatic N) is 1. The summed E-state index contributed by atoms with van der Waals surface area (Å²) in [6.07, 6.45) is 4.69. The molecule has 0 amide bonds. The van der Waals surface area contributed by atoms with E-state index in [1.165, 1.54) is 12.5 Å². The Bertz CT molecular complexity index is 566. The van der Waals surface area contributed by atoms with Crippen LogP contribution in [0, 0.1) is 5.82 Å². The van der Waals surface area contributed by atoms with E-state index in [1.807, 2.05) is 6.07 Å². The fourth-order valence-electron chi connectivity index (χ4n) is 3.21. The highest BCUT2D eigenvalue weighted by Crippen LogP contribution is 2.34. The fourth-order valence-corrected chi connectivity index (χ4v) is 3.62. The van der Waals surface area contributed by atoms with Crippen molar-refractivity contribution >= 4 is 21.9 Å². The molecule has 3 rings (SSSR count). The lowest BCUT2D eigenvalue weighted by molar-refractivity contribution is 0.0992. The zero-order valence-corrected chi connectivity index (χ0v) is 14.2. The smallest absolute Gasteiger partial charge is 0.191 e. The van der Waals surface area contributed by atoms with Crippen LogP contribution in [0.3, 0.4) is 0 Å². The van der Waals surface area contributed by atoms with Crippen molar-refractivity contribution in [1.29, 1.82) is 0 Å². The monoisotopic (exact) mass is 369 g/mol. The average Bonchev–Trinajstić information content (AvgIpc) is 3.12. The molecule has 6 heteroatoms. The Balaban J connectivity index is 1.48. The van der Waals surface area contributed by atoms with Crippen LogP contribution in [-0.4, -0.2) is 37.8 Å². The second-order valence-electron chi connectivity index (χ2n) is 5.85. The van der Waals surface area contributed by atoms with E-state index in [4.69, 9.17) is 4.74 Å². The Morgan fingerprint density at radius 1 is 1.45 bits per heavy atom. The Kier molecular flexibility index (Phi) is 4.98. The van der Waals surface area contributed by atoms with Crippen LogP contribution < -0.4 is 10.6 Å². The van der Waals surface area contributed by atoms with Crippen molar-refractivity contribution in [2.24, 2.45) is 4.99 Å². The summed E-state index contributed by atoms with van der Waals surface area (Å²) >= 11 is 3.37. The standard InChI is InChI=1S/C16H21BrFN3O/c1-19-16(21-14-9-12-3-5-15(14)22-12)20-7-6-10-8-11(17)2-4-13(10)18/h2,4,8,12,14-15H,3,5-7,9H2,1H3,(H2,19,20,21). The number of benzene rings is 1. The van der Waals surface area contributed by atoms with Crippen LogP contribution in [0.25, 0.3) is 0 Å². The Labute approximate surface area is 138 Å². The molecule has 2 N–H and O–H groups in total. The Morgan fingerprint density at radius 3 is 3.00 bits per heavy atom. The van der Waals surface area contributed by atoms with Gasteiger partial charge in [0.2, 0.25) is 0 Å². The highest BCUT2D eigenvalue weighted by Gasteiger charge is 2.41. The summed E-state index contributed by atoms with van der Waals surface area (Å²) in [5.74, 6) is 0.589. The topological polar surface area (TPSA) is 45.7 Å². The molecular formula is C16H21BrFN3O. The number of fused-ring (bicyclic) bond motifs is 2. The van der Waals surface area contributed by atoms with E-state index in [1.54, 1.807) is 13.1 Å². The van der Waals surface area contributed by atoms with Crippen LogP contribution in [0.15, 0.2) is 27.7 Å².